The van der Waals surface area contributed by atoms with E-state index in [1.165, 1.54) is 36.4 Å². The summed E-state index contributed by atoms with van der Waals surface area (Å²) in [7, 11) is 0. The van der Waals surface area contributed by atoms with Gasteiger partial charge >= 0.3 is 6.43 Å². The highest BCUT2D eigenvalue weighted by atomic mass is 19.3. The standard InChI is InChI=1S/C25H28F2N6O2.C2H6/c26-21(27)23-32-31-22(35-23)18-12-28-24(29-13-18)30-25(7-2-8-25)19-4-1-3-17(11-19)16-5-9-33(10-6-16)20-14-34-15-20;1-2/h1,3-4,11-13,16,20-21H,2,5-10,14-15H2,(H,28,29,30);1-2H3. The zero-order chi connectivity index (χ0) is 25.8. The van der Waals surface area contributed by atoms with E-state index in [0.29, 0.717) is 23.5 Å². The number of nitrogens with zero attached hydrogens (tertiary/aromatic N) is 5. The van der Waals surface area contributed by atoms with E-state index in [2.05, 4.69) is 54.6 Å². The van der Waals surface area contributed by atoms with Crippen molar-refractivity contribution in [2.75, 3.05) is 31.6 Å². The van der Waals surface area contributed by atoms with Crippen molar-refractivity contribution in [3.63, 3.8) is 0 Å². The third kappa shape index (κ3) is 5.36. The maximum atomic E-state index is 12.7. The topological polar surface area (TPSA) is 89.2 Å². The van der Waals surface area contributed by atoms with E-state index in [4.69, 9.17) is 9.15 Å². The number of nitrogens with one attached hydrogen (secondary N) is 1. The molecule has 4 heterocycles. The summed E-state index contributed by atoms with van der Waals surface area (Å²) >= 11 is 0. The lowest BCUT2D eigenvalue weighted by atomic mass is 9.71. The molecule has 8 nitrogen and oxygen atoms in total. The van der Waals surface area contributed by atoms with Crippen LogP contribution in [0.15, 0.2) is 41.1 Å². The van der Waals surface area contributed by atoms with Gasteiger partial charge in [0.15, 0.2) is 0 Å². The fraction of sp³-hybridized carbons (Fsp3) is 0.556. The molecule has 1 aromatic carbocycles. The maximum Gasteiger partial charge on any atom is 0.314 e. The first-order valence-corrected chi connectivity index (χ1v) is 13.2. The number of anilines is 1. The van der Waals surface area contributed by atoms with Gasteiger partial charge in [-0.05, 0) is 62.2 Å². The van der Waals surface area contributed by atoms with Gasteiger partial charge in [0.25, 0.3) is 11.8 Å². The van der Waals surface area contributed by atoms with Crippen molar-refractivity contribution in [3.05, 3.63) is 53.7 Å². The van der Waals surface area contributed by atoms with Crippen LogP contribution >= 0.6 is 0 Å². The Balaban J connectivity index is 0.00000137. The van der Waals surface area contributed by atoms with Gasteiger partial charge in [-0.25, -0.2) is 9.97 Å². The smallest absolute Gasteiger partial charge is 0.314 e. The summed E-state index contributed by atoms with van der Waals surface area (Å²) in [5, 5.41) is 10.6. The zero-order valence-electron chi connectivity index (χ0n) is 21.4. The average Bonchev–Trinajstić information content (AvgIpc) is 3.38. The number of hydrogen-bond donors (Lipinski definition) is 1. The lowest BCUT2D eigenvalue weighted by molar-refractivity contribution is -0.0712. The van der Waals surface area contributed by atoms with Gasteiger partial charge in [-0.15, -0.1) is 10.2 Å². The van der Waals surface area contributed by atoms with E-state index in [0.717, 1.165) is 45.6 Å². The number of likely N-dealkylation sites (tertiary alicyclic amines) is 1. The third-order valence-electron chi connectivity index (χ3n) is 7.66. The molecule has 3 fully saturated rings. The minimum Gasteiger partial charge on any atom is -0.415 e. The Kier molecular flexibility index (Phi) is 7.76. The summed E-state index contributed by atoms with van der Waals surface area (Å²) in [5.74, 6) is 0.336. The third-order valence-corrected chi connectivity index (χ3v) is 7.66. The highest BCUT2D eigenvalue weighted by molar-refractivity contribution is 5.51. The number of ether oxygens (including phenoxy) is 1. The van der Waals surface area contributed by atoms with Crippen molar-refractivity contribution in [2.24, 2.45) is 0 Å². The van der Waals surface area contributed by atoms with Crippen molar-refractivity contribution in [3.8, 4) is 11.5 Å². The van der Waals surface area contributed by atoms with Crippen LogP contribution in [0.3, 0.4) is 0 Å². The normalized spacial score (nSPS) is 20.0. The van der Waals surface area contributed by atoms with E-state index in [-0.39, 0.29) is 11.4 Å². The molecule has 198 valence electrons. The first kappa shape index (κ1) is 25.7. The Hall–Kier alpha value is -2.98. The largest absolute Gasteiger partial charge is 0.415 e. The van der Waals surface area contributed by atoms with Crippen LogP contribution in [0.4, 0.5) is 14.7 Å². The van der Waals surface area contributed by atoms with Gasteiger partial charge in [0.05, 0.1) is 30.4 Å². The summed E-state index contributed by atoms with van der Waals surface area (Å²) in [6.45, 7) is 8.02. The van der Waals surface area contributed by atoms with Crippen molar-refractivity contribution in [1.29, 1.82) is 0 Å². The molecule has 1 aliphatic carbocycles. The molecule has 0 amide bonds. The maximum absolute atomic E-state index is 12.7. The number of rotatable bonds is 7. The lowest BCUT2D eigenvalue weighted by Crippen LogP contribution is -2.51. The Morgan fingerprint density at radius 3 is 2.35 bits per heavy atom. The first-order valence-electron chi connectivity index (χ1n) is 13.2. The van der Waals surface area contributed by atoms with Gasteiger partial charge in [0.2, 0.25) is 5.95 Å². The second-order valence-corrected chi connectivity index (χ2v) is 9.73. The monoisotopic (exact) mass is 512 g/mol. The Morgan fingerprint density at radius 1 is 1.05 bits per heavy atom. The predicted octanol–water partition coefficient (Wildman–Crippen LogP) is 5.56. The molecule has 1 saturated carbocycles. The van der Waals surface area contributed by atoms with Crippen LogP contribution in [0, 0.1) is 0 Å². The van der Waals surface area contributed by atoms with E-state index in [1.54, 1.807) is 0 Å². The minimum absolute atomic E-state index is 0.0196. The summed E-state index contributed by atoms with van der Waals surface area (Å²) in [6.07, 6.45) is 5.71. The molecule has 1 N–H and O–H groups in total. The van der Waals surface area contributed by atoms with Gasteiger partial charge in [0.1, 0.15) is 0 Å². The summed E-state index contributed by atoms with van der Waals surface area (Å²) < 4.78 is 35.8. The molecule has 2 saturated heterocycles. The van der Waals surface area contributed by atoms with E-state index >= 15 is 0 Å². The fourth-order valence-corrected chi connectivity index (χ4v) is 5.29. The summed E-state index contributed by atoms with van der Waals surface area (Å²) in [4.78, 5) is 11.4. The average molecular weight is 513 g/mol. The van der Waals surface area contributed by atoms with Crippen molar-refractivity contribution < 1.29 is 17.9 Å². The quantitative estimate of drug-likeness (QED) is 0.440. The molecule has 2 aromatic heterocycles. The van der Waals surface area contributed by atoms with Crippen molar-refractivity contribution in [2.45, 2.75) is 69.9 Å². The molecule has 0 bridgehead atoms. The van der Waals surface area contributed by atoms with E-state index < -0.39 is 12.3 Å². The zero-order valence-corrected chi connectivity index (χ0v) is 21.4. The van der Waals surface area contributed by atoms with Crippen molar-refractivity contribution >= 4 is 5.95 Å². The van der Waals surface area contributed by atoms with Gasteiger partial charge in [-0.3, -0.25) is 4.90 Å². The molecular weight excluding hydrogens is 478 g/mol. The second-order valence-electron chi connectivity index (χ2n) is 9.73. The van der Waals surface area contributed by atoms with Crippen LogP contribution in [0.25, 0.3) is 11.5 Å². The van der Waals surface area contributed by atoms with Crippen LogP contribution < -0.4 is 5.32 Å². The van der Waals surface area contributed by atoms with Crippen molar-refractivity contribution in [1.82, 2.24) is 25.1 Å². The SMILES string of the molecule is CC.FC(F)c1nnc(-c2cnc(NC3(c4cccc(C5CCN(C6COC6)CC5)c4)CCC3)nc2)o1. The minimum atomic E-state index is -2.81. The Labute approximate surface area is 215 Å². The van der Waals surface area contributed by atoms with Crippen LogP contribution in [0.1, 0.15) is 75.3 Å². The highest BCUT2D eigenvalue weighted by Crippen LogP contribution is 2.44. The van der Waals surface area contributed by atoms with Crippen LogP contribution in [0.5, 0.6) is 0 Å². The number of piperidine rings is 1. The fourth-order valence-electron chi connectivity index (χ4n) is 5.29. The number of benzene rings is 1. The van der Waals surface area contributed by atoms with E-state index in [1.807, 2.05) is 13.8 Å². The summed E-state index contributed by atoms with van der Waals surface area (Å²) in [6, 6.07) is 9.58. The number of aromatic nitrogens is 4. The molecule has 37 heavy (non-hydrogen) atoms. The number of alkyl halides is 2. The second kappa shape index (κ2) is 11.2. The molecule has 0 radical (unpaired) electrons. The number of halogens is 2. The summed E-state index contributed by atoms with van der Waals surface area (Å²) in [5.41, 5.74) is 2.87. The van der Waals surface area contributed by atoms with Gasteiger partial charge in [-0.2, -0.15) is 8.78 Å². The molecule has 6 rings (SSSR count). The molecule has 3 aromatic rings. The molecule has 0 spiro atoms. The molecule has 3 aliphatic rings. The van der Waals surface area contributed by atoms with E-state index in [9.17, 15) is 8.78 Å². The van der Waals surface area contributed by atoms with Gasteiger partial charge in [-0.1, -0.05) is 38.1 Å². The highest BCUT2D eigenvalue weighted by Gasteiger charge is 2.40. The predicted molar refractivity (Wildman–Crippen MR) is 135 cm³/mol. The molecule has 0 atom stereocenters. The number of hydrogen-bond acceptors (Lipinski definition) is 8. The first-order chi connectivity index (χ1) is 18.1. The van der Waals surface area contributed by atoms with Crippen LogP contribution in [0.2, 0.25) is 0 Å². The molecular formula is C27H34F2N6O2. The van der Waals surface area contributed by atoms with Gasteiger partial charge in [0, 0.05) is 12.4 Å². The van der Waals surface area contributed by atoms with Gasteiger partial charge < -0.3 is 14.5 Å². The van der Waals surface area contributed by atoms with Crippen LogP contribution in [-0.4, -0.2) is 57.4 Å². The lowest BCUT2D eigenvalue weighted by Gasteiger charge is -2.44. The molecule has 0 unspecified atom stereocenters. The Morgan fingerprint density at radius 2 is 1.78 bits per heavy atom. The molecule has 10 heteroatoms. The molecule has 2 aliphatic heterocycles. The van der Waals surface area contributed by atoms with Crippen LogP contribution in [-0.2, 0) is 10.3 Å². The Bertz CT molecular complexity index is 1160.